The molecule has 1 aliphatic heterocycles. The number of likely N-dealkylation sites (tertiary alicyclic amines) is 1. The molecular weight excluding hydrogens is 501 g/mol. The van der Waals surface area contributed by atoms with Crippen molar-refractivity contribution in [3.05, 3.63) is 52.0 Å². The molecular formula is C26H35Cl2N5O3. The van der Waals surface area contributed by atoms with Gasteiger partial charge in [0.05, 0.1) is 23.4 Å². The zero-order valence-corrected chi connectivity index (χ0v) is 22.1. The summed E-state index contributed by atoms with van der Waals surface area (Å²) in [5, 5.41) is 9.67. The SMILES string of the molecule is COc1cc(N)c(Cl)cc1C(=O)NCC1CCN(CCCCCNC(=O)Nc2ccc(Cl)cc2)CC1. The van der Waals surface area contributed by atoms with Crippen LogP contribution < -0.4 is 26.4 Å². The Balaban J connectivity index is 1.25. The van der Waals surface area contributed by atoms with Crippen molar-refractivity contribution in [2.24, 2.45) is 5.92 Å². The first kappa shape index (κ1) is 27.9. The molecule has 2 aromatic rings. The molecule has 1 heterocycles. The number of nitrogens with zero attached hydrogens (tertiary/aromatic N) is 1. The van der Waals surface area contributed by atoms with Crippen LogP contribution >= 0.6 is 23.2 Å². The van der Waals surface area contributed by atoms with Crippen LogP contribution in [0, 0.1) is 5.92 Å². The van der Waals surface area contributed by atoms with E-state index in [0.29, 0.717) is 51.7 Å². The fourth-order valence-corrected chi connectivity index (χ4v) is 4.50. The molecule has 0 spiro atoms. The van der Waals surface area contributed by atoms with E-state index in [9.17, 15) is 9.59 Å². The minimum absolute atomic E-state index is 0.202. The summed E-state index contributed by atoms with van der Waals surface area (Å²) in [6.45, 7) is 4.38. The van der Waals surface area contributed by atoms with Crippen molar-refractivity contribution in [2.75, 3.05) is 50.9 Å². The molecule has 1 aliphatic rings. The number of hydrogen-bond donors (Lipinski definition) is 4. The van der Waals surface area contributed by atoms with E-state index in [1.807, 2.05) is 0 Å². The number of nitrogens with one attached hydrogen (secondary N) is 3. The van der Waals surface area contributed by atoms with Gasteiger partial charge in [-0.1, -0.05) is 29.6 Å². The van der Waals surface area contributed by atoms with Crippen molar-refractivity contribution in [2.45, 2.75) is 32.1 Å². The lowest BCUT2D eigenvalue weighted by Gasteiger charge is -2.32. The molecule has 5 N–H and O–H groups in total. The number of methoxy groups -OCH3 is 1. The Kier molecular flexibility index (Phi) is 11.0. The quantitative estimate of drug-likeness (QED) is 0.238. The van der Waals surface area contributed by atoms with Crippen LogP contribution in [0.1, 0.15) is 42.5 Å². The molecule has 0 radical (unpaired) electrons. The van der Waals surface area contributed by atoms with Gasteiger partial charge in [-0.3, -0.25) is 4.79 Å². The zero-order valence-electron chi connectivity index (χ0n) is 20.6. The highest BCUT2D eigenvalue weighted by Crippen LogP contribution is 2.29. The third kappa shape index (κ3) is 8.76. The van der Waals surface area contributed by atoms with Crippen molar-refractivity contribution in [1.29, 1.82) is 0 Å². The Morgan fingerprint density at radius 3 is 2.47 bits per heavy atom. The second kappa shape index (κ2) is 14.2. The number of amides is 3. The Labute approximate surface area is 222 Å². The number of ether oxygens (including phenoxy) is 1. The summed E-state index contributed by atoms with van der Waals surface area (Å²) in [4.78, 5) is 27.0. The lowest BCUT2D eigenvalue weighted by Crippen LogP contribution is -2.39. The van der Waals surface area contributed by atoms with Gasteiger partial charge < -0.3 is 31.3 Å². The van der Waals surface area contributed by atoms with E-state index in [1.165, 1.54) is 7.11 Å². The molecule has 0 saturated carbocycles. The molecule has 10 heteroatoms. The Bertz CT molecular complexity index is 1010. The average Bonchev–Trinajstić information content (AvgIpc) is 2.88. The van der Waals surface area contributed by atoms with Gasteiger partial charge in [0.2, 0.25) is 0 Å². The number of rotatable bonds is 11. The van der Waals surface area contributed by atoms with Crippen LogP contribution in [0.5, 0.6) is 5.75 Å². The number of nitrogen functional groups attached to an aromatic ring is 1. The van der Waals surface area contributed by atoms with E-state index in [4.69, 9.17) is 33.7 Å². The van der Waals surface area contributed by atoms with Gasteiger partial charge in [-0.2, -0.15) is 0 Å². The number of benzene rings is 2. The minimum Gasteiger partial charge on any atom is -0.496 e. The number of hydrogen-bond acceptors (Lipinski definition) is 5. The van der Waals surface area contributed by atoms with Gasteiger partial charge in [0.25, 0.3) is 5.91 Å². The van der Waals surface area contributed by atoms with Crippen LogP contribution in [0.4, 0.5) is 16.2 Å². The molecule has 8 nitrogen and oxygen atoms in total. The van der Waals surface area contributed by atoms with Gasteiger partial charge in [0.15, 0.2) is 0 Å². The molecule has 196 valence electrons. The summed E-state index contributed by atoms with van der Waals surface area (Å²) in [6.07, 6.45) is 5.19. The van der Waals surface area contributed by atoms with E-state index in [-0.39, 0.29) is 11.9 Å². The fourth-order valence-electron chi connectivity index (χ4n) is 4.21. The largest absolute Gasteiger partial charge is 0.496 e. The predicted molar refractivity (Wildman–Crippen MR) is 146 cm³/mol. The molecule has 2 aromatic carbocycles. The highest BCUT2D eigenvalue weighted by molar-refractivity contribution is 6.33. The number of anilines is 2. The second-order valence-electron chi connectivity index (χ2n) is 9.02. The predicted octanol–water partition coefficient (Wildman–Crippen LogP) is 5.02. The van der Waals surface area contributed by atoms with Gasteiger partial charge in [0, 0.05) is 29.9 Å². The van der Waals surface area contributed by atoms with Crippen LogP contribution in [0.15, 0.2) is 36.4 Å². The number of carbonyl (C=O) groups is 2. The summed E-state index contributed by atoms with van der Waals surface area (Å²) in [5.74, 6) is 0.664. The van der Waals surface area contributed by atoms with Crippen LogP contribution in [0.2, 0.25) is 10.0 Å². The summed E-state index contributed by atoms with van der Waals surface area (Å²) in [5.41, 5.74) is 7.29. The highest BCUT2D eigenvalue weighted by Gasteiger charge is 2.21. The zero-order chi connectivity index (χ0) is 25.9. The maximum Gasteiger partial charge on any atom is 0.319 e. The lowest BCUT2D eigenvalue weighted by atomic mass is 9.96. The average molecular weight is 537 g/mol. The molecule has 3 rings (SSSR count). The Morgan fingerprint density at radius 2 is 1.78 bits per heavy atom. The number of unbranched alkanes of at least 4 members (excludes halogenated alkanes) is 2. The molecule has 1 fully saturated rings. The van der Waals surface area contributed by atoms with Crippen molar-refractivity contribution < 1.29 is 14.3 Å². The summed E-state index contributed by atoms with van der Waals surface area (Å²) in [7, 11) is 1.51. The third-order valence-electron chi connectivity index (χ3n) is 6.36. The molecule has 36 heavy (non-hydrogen) atoms. The van der Waals surface area contributed by atoms with E-state index in [2.05, 4.69) is 20.9 Å². The van der Waals surface area contributed by atoms with Gasteiger partial charge >= 0.3 is 6.03 Å². The van der Waals surface area contributed by atoms with Gasteiger partial charge in [-0.25, -0.2) is 4.79 Å². The van der Waals surface area contributed by atoms with Crippen molar-refractivity contribution in [3.63, 3.8) is 0 Å². The Morgan fingerprint density at radius 1 is 1.06 bits per heavy atom. The molecule has 0 aliphatic carbocycles. The van der Waals surface area contributed by atoms with Gasteiger partial charge in [-0.15, -0.1) is 0 Å². The maximum atomic E-state index is 12.6. The first-order valence-electron chi connectivity index (χ1n) is 12.3. The lowest BCUT2D eigenvalue weighted by molar-refractivity contribution is 0.0933. The smallest absolute Gasteiger partial charge is 0.319 e. The van der Waals surface area contributed by atoms with Crippen LogP contribution in [0.25, 0.3) is 0 Å². The number of nitrogens with two attached hydrogens (primary N) is 1. The first-order chi connectivity index (χ1) is 17.4. The van der Waals surface area contributed by atoms with Crippen LogP contribution in [-0.4, -0.2) is 56.7 Å². The first-order valence-corrected chi connectivity index (χ1v) is 13.0. The third-order valence-corrected chi connectivity index (χ3v) is 6.94. The number of urea groups is 1. The van der Waals surface area contributed by atoms with Crippen LogP contribution in [0.3, 0.4) is 0 Å². The molecule has 1 saturated heterocycles. The van der Waals surface area contributed by atoms with E-state index >= 15 is 0 Å². The standard InChI is InChI=1S/C26H35Cl2N5O3/c1-36-24-16-23(29)22(28)15-21(24)25(34)31-17-18-9-13-33(14-10-18)12-4-2-3-11-30-26(35)32-20-7-5-19(27)6-8-20/h5-8,15-16,18H,2-4,9-14,17,29H2,1H3,(H,31,34)(H2,30,32,35). The van der Waals surface area contributed by atoms with E-state index in [0.717, 1.165) is 51.7 Å². The maximum absolute atomic E-state index is 12.6. The van der Waals surface area contributed by atoms with Crippen molar-refractivity contribution in [1.82, 2.24) is 15.5 Å². The Hall–Kier alpha value is -2.68. The van der Waals surface area contributed by atoms with Gasteiger partial charge in [0.1, 0.15) is 5.75 Å². The van der Waals surface area contributed by atoms with Crippen LogP contribution in [-0.2, 0) is 0 Å². The minimum atomic E-state index is -0.204. The van der Waals surface area contributed by atoms with Crippen molar-refractivity contribution in [3.8, 4) is 5.75 Å². The molecule has 3 amide bonds. The molecule has 0 bridgehead atoms. The normalized spacial score (nSPS) is 14.3. The fraction of sp³-hybridized carbons (Fsp3) is 0.462. The number of halogens is 2. The van der Waals surface area contributed by atoms with E-state index < -0.39 is 0 Å². The van der Waals surface area contributed by atoms with E-state index in [1.54, 1.807) is 36.4 Å². The molecule has 0 aromatic heterocycles. The second-order valence-corrected chi connectivity index (χ2v) is 9.86. The summed E-state index contributed by atoms with van der Waals surface area (Å²) >= 11 is 11.9. The molecule has 0 atom stereocenters. The summed E-state index contributed by atoms with van der Waals surface area (Å²) < 4.78 is 5.28. The highest BCUT2D eigenvalue weighted by atomic mass is 35.5. The number of carbonyl (C=O) groups excluding carboxylic acids is 2. The monoisotopic (exact) mass is 535 g/mol. The topological polar surface area (TPSA) is 109 Å². The van der Waals surface area contributed by atoms with Gasteiger partial charge in [-0.05, 0) is 81.6 Å². The summed E-state index contributed by atoms with van der Waals surface area (Å²) in [6, 6.07) is 9.94. The molecule has 0 unspecified atom stereocenters. The number of piperidine rings is 1. The van der Waals surface area contributed by atoms with Crippen molar-refractivity contribution >= 4 is 46.5 Å².